The predicted octanol–water partition coefficient (Wildman–Crippen LogP) is 1.91. The summed E-state index contributed by atoms with van der Waals surface area (Å²) in [6.07, 6.45) is 1.37. The number of carbonyl (C=O) groups is 4. The summed E-state index contributed by atoms with van der Waals surface area (Å²) in [5.41, 5.74) is 1.19. The summed E-state index contributed by atoms with van der Waals surface area (Å²) in [7, 11) is 0. The van der Waals surface area contributed by atoms with Gasteiger partial charge in [-0.1, -0.05) is 24.3 Å². The number of hydrogen-bond donors (Lipinski definition) is 1. The lowest BCUT2D eigenvalue weighted by atomic mass is 10.1. The normalized spacial score (nSPS) is 15.9. The van der Waals surface area contributed by atoms with Crippen molar-refractivity contribution in [2.75, 3.05) is 13.2 Å². The Morgan fingerprint density at radius 3 is 2.75 bits per heavy atom. The van der Waals surface area contributed by atoms with Crippen molar-refractivity contribution in [3.05, 3.63) is 40.3 Å². The second-order valence-corrected chi connectivity index (χ2v) is 5.88. The van der Waals surface area contributed by atoms with Gasteiger partial charge in [0.1, 0.15) is 6.54 Å². The zero-order chi connectivity index (χ0) is 17.7. The molecular weight excluding hydrogens is 334 g/mol. The molecule has 0 atom stereocenters. The average Bonchev–Trinajstić information content (AvgIpc) is 2.75. The number of carboxylic acid groups (broad SMARTS) is 1. The Hall–Kier alpha value is -2.61. The van der Waals surface area contributed by atoms with E-state index >= 15 is 0 Å². The van der Waals surface area contributed by atoms with Crippen LogP contribution in [0.25, 0.3) is 6.08 Å². The third-order valence-corrected chi connectivity index (χ3v) is 3.98. The van der Waals surface area contributed by atoms with Gasteiger partial charge < -0.3 is 9.84 Å². The number of carboxylic acids is 1. The maximum atomic E-state index is 12.2. The highest BCUT2D eigenvalue weighted by atomic mass is 32.2. The quantitative estimate of drug-likeness (QED) is 0.618. The monoisotopic (exact) mass is 349 g/mol. The Bertz CT molecular complexity index is 727. The van der Waals surface area contributed by atoms with Crippen LogP contribution >= 0.6 is 11.8 Å². The third kappa shape index (κ3) is 4.45. The number of amides is 2. The fourth-order valence-corrected chi connectivity index (χ4v) is 2.93. The van der Waals surface area contributed by atoms with Gasteiger partial charge in [0.2, 0.25) is 0 Å². The highest BCUT2D eigenvalue weighted by Gasteiger charge is 2.36. The van der Waals surface area contributed by atoms with Crippen LogP contribution < -0.4 is 0 Å². The molecule has 1 fully saturated rings. The largest absolute Gasteiger partial charge is 0.481 e. The molecule has 2 rings (SSSR count). The first kappa shape index (κ1) is 17.7. The third-order valence-electron chi connectivity index (χ3n) is 3.07. The minimum atomic E-state index is -0.957. The van der Waals surface area contributed by atoms with E-state index in [0.29, 0.717) is 11.1 Å². The molecule has 1 aliphatic heterocycles. The fraction of sp³-hybridized carbons (Fsp3) is 0.250. The van der Waals surface area contributed by atoms with Gasteiger partial charge in [-0.3, -0.25) is 24.1 Å². The number of hydrogen-bond acceptors (Lipinski definition) is 6. The van der Waals surface area contributed by atoms with Gasteiger partial charge in [0, 0.05) is 0 Å². The molecule has 1 aliphatic rings. The van der Waals surface area contributed by atoms with Crippen molar-refractivity contribution in [3.8, 4) is 0 Å². The molecule has 126 valence electrons. The molecule has 0 aromatic heterocycles. The van der Waals surface area contributed by atoms with Crippen LogP contribution in [-0.4, -0.2) is 46.2 Å². The number of benzene rings is 1. The predicted molar refractivity (Wildman–Crippen MR) is 87.1 cm³/mol. The van der Waals surface area contributed by atoms with Crippen molar-refractivity contribution in [2.24, 2.45) is 0 Å². The maximum Gasteiger partial charge on any atom is 0.326 e. The molecule has 1 saturated heterocycles. The molecule has 0 saturated carbocycles. The van der Waals surface area contributed by atoms with E-state index in [-0.39, 0.29) is 17.9 Å². The van der Waals surface area contributed by atoms with E-state index in [1.807, 2.05) is 0 Å². The molecule has 2 amide bonds. The number of carbonyl (C=O) groups excluding carboxylic acids is 3. The molecule has 24 heavy (non-hydrogen) atoms. The molecule has 0 spiro atoms. The van der Waals surface area contributed by atoms with Crippen LogP contribution in [0.3, 0.4) is 0 Å². The zero-order valence-electron chi connectivity index (χ0n) is 12.9. The van der Waals surface area contributed by atoms with Gasteiger partial charge in [-0.25, -0.2) is 0 Å². The molecule has 0 aliphatic carbocycles. The summed E-state index contributed by atoms with van der Waals surface area (Å²) >= 11 is 0.731. The van der Waals surface area contributed by atoms with Crippen molar-refractivity contribution in [1.82, 2.24) is 4.90 Å². The zero-order valence-corrected chi connectivity index (χ0v) is 13.7. The molecule has 1 heterocycles. The molecule has 8 heteroatoms. The SMILES string of the molecule is CCOC(=O)CN1C(=O)S/C(=C\c2cccc(CC(=O)O)c2)C1=O. The summed E-state index contributed by atoms with van der Waals surface area (Å²) in [5.74, 6) is -2.17. The summed E-state index contributed by atoms with van der Waals surface area (Å²) in [4.78, 5) is 47.3. The lowest BCUT2D eigenvalue weighted by Crippen LogP contribution is -2.34. The summed E-state index contributed by atoms with van der Waals surface area (Å²) in [5, 5.41) is 8.27. The van der Waals surface area contributed by atoms with E-state index in [9.17, 15) is 19.2 Å². The Morgan fingerprint density at radius 2 is 2.08 bits per heavy atom. The van der Waals surface area contributed by atoms with Crippen LogP contribution in [0.5, 0.6) is 0 Å². The highest BCUT2D eigenvalue weighted by Crippen LogP contribution is 2.32. The van der Waals surface area contributed by atoms with E-state index < -0.39 is 29.6 Å². The van der Waals surface area contributed by atoms with Crippen LogP contribution in [0.15, 0.2) is 29.2 Å². The van der Waals surface area contributed by atoms with E-state index in [2.05, 4.69) is 0 Å². The second-order valence-electron chi connectivity index (χ2n) is 4.89. The minimum Gasteiger partial charge on any atom is -0.481 e. The second kappa shape index (κ2) is 7.78. The van der Waals surface area contributed by atoms with E-state index in [1.54, 1.807) is 31.2 Å². The molecular formula is C16H15NO6S. The first-order valence-corrected chi connectivity index (χ1v) is 7.94. The van der Waals surface area contributed by atoms with Crippen LogP contribution in [0.1, 0.15) is 18.1 Å². The molecule has 1 aromatic carbocycles. The van der Waals surface area contributed by atoms with Gasteiger partial charge in [-0.15, -0.1) is 0 Å². The Kier molecular flexibility index (Phi) is 5.75. The fourth-order valence-electron chi connectivity index (χ4n) is 2.09. The minimum absolute atomic E-state index is 0.133. The van der Waals surface area contributed by atoms with Crippen molar-refractivity contribution in [1.29, 1.82) is 0 Å². The van der Waals surface area contributed by atoms with Gasteiger partial charge in [-0.2, -0.15) is 0 Å². The van der Waals surface area contributed by atoms with E-state index in [4.69, 9.17) is 9.84 Å². The van der Waals surface area contributed by atoms with Gasteiger partial charge in [0.05, 0.1) is 17.9 Å². The molecule has 0 unspecified atom stereocenters. The smallest absolute Gasteiger partial charge is 0.326 e. The van der Waals surface area contributed by atoms with Crippen LogP contribution in [0, 0.1) is 0 Å². The number of imide groups is 1. The lowest BCUT2D eigenvalue weighted by Gasteiger charge is -2.10. The Labute approximate surface area is 142 Å². The maximum absolute atomic E-state index is 12.2. The molecule has 1 aromatic rings. The van der Waals surface area contributed by atoms with Gasteiger partial charge in [-0.05, 0) is 35.9 Å². The van der Waals surface area contributed by atoms with Gasteiger partial charge >= 0.3 is 11.9 Å². The summed E-state index contributed by atoms with van der Waals surface area (Å²) in [6.45, 7) is 1.38. The topological polar surface area (TPSA) is 101 Å². The number of esters is 1. The van der Waals surface area contributed by atoms with Crippen LogP contribution in [-0.2, 0) is 25.5 Å². The number of nitrogens with zero attached hydrogens (tertiary/aromatic N) is 1. The van der Waals surface area contributed by atoms with Crippen molar-refractivity contribution in [2.45, 2.75) is 13.3 Å². The van der Waals surface area contributed by atoms with E-state index in [0.717, 1.165) is 16.7 Å². The molecule has 1 N–H and O–H groups in total. The van der Waals surface area contributed by atoms with Crippen molar-refractivity contribution in [3.63, 3.8) is 0 Å². The summed E-state index contributed by atoms with van der Waals surface area (Å²) < 4.78 is 4.74. The van der Waals surface area contributed by atoms with Crippen LogP contribution in [0.2, 0.25) is 0 Å². The molecule has 0 radical (unpaired) electrons. The standard InChI is InChI=1S/C16H15NO6S/c1-2-23-14(20)9-17-15(21)12(24-16(17)22)7-10-4-3-5-11(6-10)8-13(18)19/h3-7H,2,8-9H2,1H3,(H,18,19)/b12-7-. The Balaban J connectivity index is 2.16. The summed E-state index contributed by atoms with van der Waals surface area (Å²) in [6, 6.07) is 6.67. The van der Waals surface area contributed by atoms with Gasteiger partial charge in [0.15, 0.2) is 0 Å². The van der Waals surface area contributed by atoms with Crippen molar-refractivity contribution < 1.29 is 29.0 Å². The highest BCUT2D eigenvalue weighted by molar-refractivity contribution is 8.18. The first-order valence-electron chi connectivity index (χ1n) is 7.12. The van der Waals surface area contributed by atoms with Gasteiger partial charge in [0.25, 0.3) is 11.1 Å². The molecule has 7 nitrogen and oxygen atoms in total. The van der Waals surface area contributed by atoms with Crippen molar-refractivity contribution >= 4 is 40.9 Å². The average molecular weight is 349 g/mol. The number of aliphatic carboxylic acids is 1. The number of rotatable bonds is 6. The van der Waals surface area contributed by atoms with E-state index in [1.165, 1.54) is 6.08 Å². The number of ether oxygens (including phenoxy) is 1. The molecule has 0 bridgehead atoms. The lowest BCUT2D eigenvalue weighted by molar-refractivity contribution is -0.146. The van der Waals surface area contributed by atoms with Crippen LogP contribution in [0.4, 0.5) is 4.79 Å². The number of thioether (sulfide) groups is 1. The first-order chi connectivity index (χ1) is 11.4. The Morgan fingerprint density at radius 1 is 1.33 bits per heavy atom.